The Labute approximate surface area is 255 Å². The Hall–Kier alpha value is -5.10. The van der Waals surface area contributed by atoms with Crippen LogP contribution in [0.1, 0.15) is 34.3 Å². The molecule has 3 aromatic heterocycles. The molecule has 2 aromatic carbocycles. The van der Waals surface area contributed by atoms with Crippen molar-refractivity contribution in [3.8, 4) is 22.4 Å². The topological polar surface area (TPSA) is 97.6 Å². The number of hydrogen-bond acceptors (Lipinski definition) is 5. The normalized spacial score (nSPS) is 14.0. The predicted molar refractivity (Wildman–Crippen MR) is 159 cm³/mol. The zero-order valence-corrected chi connectivity index (χ0v) is 23.8. The predicted octanol–water partition coefficient (Wildman–Crippen LogP) is 6.31. The summed E-state index contributed by atoms with van der Waals surface area (Å²) >= 11 is 0. The number of imidazole rings is 1. The molecule has 0 aliphatic carbocycles. The summed E-state index contributed by atoms with van der Waals surface area (Å²) < 4.78 is 63.2. The summed E-state index contributed by atoms with van der Waals surface area (Å²) in [4.78, 5) is 34.1. The average molecular weight is 618 g/mol. The Morgan fingerprint density at radius 1 is 0.933 bits per heavy atom. The standard InChI is InChI=1S/C33H27F4N5O3/c34-28-15-23(29-19-39-30-16-21(5-10-42(29)30)20-3-8-38-9-4-20)2-1-22(28)17-31(43)40-27-14-24(13-25(18-27)33(35,36)37)32(44)41-26-6-11-45-12-7-26/h1-5,8-10,13-16,18-19,26H,6-7,11-12,17H2,(H,40,43)(H,41,44). The minimum absolute atomic E-state index is 0.0505. The molecular formula is C33H27F4N5O3. The van der Waals surface area contributed by atoms with Crippen LogP contribution in [0.15, 0.2) is 85.5 Å². The summed E-state index contributed by atoms with van der Waals surface area (Å²) in [6, 6.07) is 14.4. The number of hydrogen-bond donors (Lipinski definition) is 2. The number of pyridine rings is 2. The van der Waals surface area contributed by atoms with Gasteiger partial charge in [-0.15, -0.1) is 0 Å². The fourth-order valence-electron chi connectivity index (χ4n) is 5.25. The molecule has 12 heteroatoms. The largest absolute Gasteiger partial charge is 0.416 e. The number of nitrogens with zero attached hydrogens (tertiary/aromatic N) is 3. The molecule has 2 amide bonds. The Morgan fingerprint density at radius 2 is 1.71 bits per heavy atom. The summed E-state index contributed by atoms with van der Waals surface area (Å²) in [7, 11) is 0. The summed E-state index contributed by atoms with van der Waals surface area (Å²) in [6.07, 6.45) is 2.75. The van der Waals surface area contributed by atoms with Crippen molar-refractivity contribution in [1.29, 1.82) is 0 Å². The lowest BCUT2D eigenvalue weighted by molar-refractivity contribution is -0.137. The number of ether oxygens (including phenoxy) is 1. The van der Waals surface area contributed by atoms with Crippen molar-refractivity contribution in [2.24, 2.45) is 0 Å². The van der Waals surface area contributed by atoms with Crippen molar-refractivity contribution in [2.75, 3.05) is 18.5 Å². The first-order valence-electron chi connectivity index (χ1n) is 14.2. The molecule has 1 aliphatic rings. The van der Waals surface area contributed by atoms with Crippen LogP contribution in [0.25, 0.3) is 28.0 Å². The fourth-order valence-corrected chi connectivity index (χ4v) is 5.25. The minimum Gasteiger partial charge on any atom is -0.381 e. The van der Waals surface area contributed by atoms with Gasteiger partial charge in [0.25, 0.3) is 5.91 Å². The zero-order valence-electron chi connectivity index (χ0n) is 23.8. The molecule has 0 saturated carbocycles. The molecule has 0 unspecified atom stereocenters. The van der Waals surface area contributed by atoms with Gasteiger partial charge in [-0.05, 0) is 78.1 Å². The van der Waals surface area contributed by atoms with E-state index in [1.165, 1.54) is 18.2 Å². The first kappa shape index (κ1) is 29.9. The molecule has 0 bridgehead atoms. The molecule has 45 heavy (non-hydrogen) atoms. The maximum Gasteiger partial charge on any atom is 0.416 e. The van der Waals surface area contributed by atoms with Crippen LogP contribution in [-0.2, 0) is 22.1 Å². The molecule has 1 saturated heterocycles. The highest BCUT2D eigenvalue weighted by atomic mass is 19.4. The van der Waals surface area contributed by atoms with Gasteiger partial charge >= 0.3 is 6.18 Å². The summed E-state index contributed by atoms with van der Waals surface area (Å²) in [6.45, 7) is 0.887. The molecule has 2 N–H and O–H groups in total. The third kappa shape index (κ3) is 6.86. The van der Waals surface area contributed by atoms with Crippen LogP contribution in [0.3, 0.4) is 0 Å². The molecule has 0 atom stereocenters. The third-order valence-electron chi connectivity index (χ3n) is 7.59. The molecule has 8 nitrogen and oxygen atoms in total. The highest BCUT2D eigenvalue weighted by Crippen LogP contribution is 2.32. The number of carbonyl (C=O) groups is 2. The van der Waals surface area contributed by atoms with E-state index >= 15 is 4.39 Å². The van der Waals surface area contributed by atoms with Crippen LogP contribution in [0.4, 0.5) is 23.2 Å². The number of alkyl halides is 3. The minimum atomic E-state index is -4.76. The number of fused-ring (bicyclic) bond motifs is 1. The average Bonchev–Trinajstić information content (AvgIpc) is 3.46. The van der Waals surface area contributed by atoms with E-state index in [1.807, 2.05) is 34.9 Å². The van der Waals surface area contributed by atoms with E-state index in [0.29, 0.717) is 43.0 Å². The number of halogens is 4. The second-order valence-electron chi connectivity index (χ2n) is 10.7. The van der Waals surface area contributed by atoms with Crippen molar-refractivity contribution >= 4 is 23.1 Å². The van der Waals surface area contributed by atoms with Crippen molar-refractivity contribution < 1.29 is 31.9 Å². The highest BCUT2D eigenvalue weighted by Gasteiger charge is 2.32. The Bertz CT molecular complexity index is 1870. The number of anilines is 1. The Kier molecular flexibility index (Phi) is 8.31. The van der Waals surface area contributed by atoms with E-state index in [1.54, 1.807) is 24.7 Å². The van der Waals surface area contributed by atoms with Gasteiger partial charge in [0, 0.05) is 54.7 Å². The SMILES string of the molecule is O=C(Cc1ccc(-c2cnc3cc(-c4ccncc4)ccn23)cc1F)Nc1cc(C(=O)NC2CCOCC2)cc(C(F)(F)F)c1. The molecule has 1 fully saturated rings. The van der Waals surface area contributed by atoms with Gasteiger partial charge in [-0.2, -0.15) is 13.2 Å². The van der Waals surface area contributed by atoms with Crippen LogP contribution in [-0.4, -0.2) is 45.4 Å². The lowest BCUT2D eigenvalue weighted by atomic mass is 10.0. The molecule has 1 aliphatic heterocycles. The smallest absolute Gasteiger partial charge is 0.381 e. The van der Waals surface area contributed by atoms with E-state index in [4.69, 9.17) is 4.74 Å². The maximum atomic E-state index is 15.2. The molecule has 0 spiro atoms. The summed E-state index contributed by atoms with van der Waals surface area (Å²) in [5, 5.41) is 5.11. The van der Waals surface area contributed by atoms with E-state index in [2.05, 4.69) is 20.6 Å². The molecule has 5 aromatic rings. The van der Waals surface area contributed by atoms with Gasteiger partial charge in [0.05, 0.1) is 23.9 Å². The van der Waals surface area contributed by atoms with E-state index < -0.39 is 35.8 Å². The van der Waals surface area contributed by atoms with Gasteiger partial charge in [-0.25, -0.2) is 9.37 Å². The van der Waals surface area contributed by atoms with E-state index in [9.17, 15) is 22.8 Å². The van der Waals surface area contributed by atoms with Gasteiger partial charge in [-0.1, -0.05) is 12.1 Å². The number of amides is 2. The van der Waals surface area contributed by atoms with Crippen molar-refractivity contribution in [3.05, 3.63) is 108 Å². The molecule has 0 radical (unpaired) electrons. The number of rotatable bonds is 7. The number of carbonyl (C=O) groups excluding carboxylic acids is 2. The van der Waals surface area contributed by atoms with Crippen LogP contribution in [0, 0.1) is 5.82 Å². The second-order valence-corrected chi connectivity index (χ2v) is 10.7. The Balaban J connectivity index is 1.18. The second kappa shape index (κ2) is 12.5. The lowest BCUT2D eigenvalue weighted by Gasteiger charge is -2.23. The van der Waals surface area contributed by atoms with Crippen molar-refractivity contribution in [1.82, 2.24) is 19.7 Å². The number of aromatic nitrogens is 3. The maximum absolute atomic E-state index is 15.2. The van der Waals surface area contributed by atoms with Crippen LogP contribution >= 0.6 is 0 Å². The van der Waals surface area contributed by atoms with Gasteiger partial charge in [-0.3, -0.25) is 19.0 Å². The van der Waals surface area contributed by atoms with Crippen LogP contribution in [0.5, 0.6) is 0 Å². The Morgan fingerprint density at radius 3 is 2.44 bits per heavy atom. The molecular weight excluding hydrogens is 590 g/mol. The van der Waals surface area contributed by atoms with Gasteiger partial charge in [0.15, 0.2) is 0 Å². The summed E-state index contributed by atoms with van der Waals surface area (Å²) in [5.41, 5.74) is 2.24. The van der Waals surface area contributed by atoms with E-state index in [0.717, 1.165) is 23.3 Å². The highest BCUT2D eigenvalue weighted by molar-refractivity contribution is 5.98. The first-order chi connectivity index (χ1) is 21.6. The lowest BCUT2D eigenvalue weighted by Crippen LogP contribution is -2.39. The van der Waals surface area contributed by atoms with Crippen molar-refractivity contribution in [2.45, 2.75) is 31.5 Å². The first-order valence-corrected chi connectivity index (χ1v) is 14.2. The molecule has 230 valence electrons. The number of benzene rings is 2. The zero-order chi connectivity index (χ0) is 31.6. The number of nitrogens with one attached hydrogen (secondary N) is 2. The van der Waals surface area contributed by atoms with Gasteiger partial charge in [0.2, 0.25) is 5.91 Å². The fraction of sp³-hybridized carbons (Fsp3) is 0.212. The monoisotopic (exact) mass is 617 g/mol. The van der Waals surface area contributed by atoms with Crippen LogP contribution in [0.2, 0.25) is 0 Å². The van der Waals surface area contributed by atoms with Crippen molar-refractivity contribution in [3.63, 3.8) is 0 Å². The molecule has 6 rings (SSSR count). The van der Waals surface area contributed by atoms with E-state index in [-0.39, 0.29) is 22.9 Å². The molecule has 4 heterocycles. The van der Waals surface area contributed by atoms with Gasteiger partial charge in [0.1, 0.15) is 11.5 Å². The van der Waals surface area contributed by atoms with Gasteiger partial charge < -0.3 is 15.4 Å². The van der Waals surface area contributed by atoms with Crippen LogP contribution < -0.4 is 10.6 Å². The summed E-state index contributed by atoms with van der Waals surface area (Å²) in [5.74, 6) is -2.09. The third-order valence-corrected chi connectivity index (χ3v) is 7.59. The quantitative estimate of drug-likeness (QED) is 0.209.